The molecule has 3 aromatic carbocycles. The number of methoxy groups -OCH3 is 6. The van der Waals surface area contributed by atoms with E-state index in [1.807, 2.05) is 48.5 Å². The van der Waals surface area contributed by atoms with Crippen LogP contribution in [-0.4, -0.2) is 42.7 Å². The lowest BCUT2D eigenvalue weighted by atomic mass is 9.92. The van der Waals surface area contributed by atoms with E-state index >= 15 is 0 Å². The minimum Gasteiger partial charge on any atom is -0.493 e. The first-order chi connectivity index (χ1) is 14.6. The van der Waals surface area contributed by atoms with Crippen LogP contribution in [0.1, 0.15) is 0 Å². The van der Waals surface area contributed by atoms with Gasteiger partial charge in [0.1, 0.15) is 0 Å². The summed E-state index contributed by atoms with van der Waals surface area (Å²) in [5, 5.41) is 0. The van der Waals surface area contributed by atoms with E-state index in [2.05, 4.69) is 0 Å². The molecule has 0 amide bonds. The maximum atomic E-state index is 5.71. The number of rotatable bonds is 8. The average molecular weight is 410 g/mol. The highest BCUT2D eigenvalue weighted by Crippen LogP contribution is 2.50. The molecule has 0 aliphatic carbocycles. The van der Waals surface area contributed by atoms with Gasteiger partial charge in [-0.15, -0.1) is 0 Å². The highest BCUT2D eigenvalue weighted by molar-refractivity contribution is 5.91. The van der Waals surface area contributed by atoms with E-state index in [4.69, 9.17) is 28.4 Å². The van der Waals surface area contributed by atoms with Crippen LogP contribution in [0.2, 0.25) is 0 Å². The first-order valence-corrected chi connectivity index (χ1v) is 9.32. The number of hydrogen-bond donors (Lipinski definition) is 0. The Morgan fingerprint density at radius 3 is 1.03 bits per heavy atom. The van der Waals surface area contributed by atoms with E-state index in [1.54, 1.807) is 42.7 Å². The van der Waals surface area contributed by atoms with Crippen LogP contribution in [0.15, 0.2) is 48.5 Å². The molecule has 0 radical (unpaired) electrons. The van der Waals surface area contributed by atoms with Crippen molar-refractivity contribution in [2.75, 3.05) is 42.7 Å². The Balaban J connectivity index is 2.30. The summed E-state index contributed by atoms with van der Waals surface area (Å²) in [6.45, 7) is 0. The third kappa shape index (κ3) is 3.56. The van der Waals surface area contributed by atoms with Gasteiger partial charge in [-0.05, 0) is 35.4 Å². The van der Waals surface area contributed by atoms with Gasteiger partial charge in [0.15, 0.2) is 23.0 Å². The maximum Gasteiger partial charge on any atom is 0.203 e. The monoisotopic (exact) mass is 410 g/mol. The van der Waals surface area contributed by atoms with E-state index < -0.39 is 0 Å². The molecule has 0 aliphatic rings. The van der Waals surface area contributed by atoms with Crippen molar-refractivity contribution in [3.05, 3.63) is 48.5 Å². The van der Waals surface area contributed by atoms with E-state index in [9.17, 15) is 0 Å². The molecule has 6 nitrogen and oxygen atoms in total. The Morgan fingerprint density at radius 1 is 0.367 bits per heavy atom. The van der Waals surface area contributed by atoms with Crippen molar-refractivity contribution in [3.63, 3.8) is 0 Å². The molecule has 0 fully saturated rings. The van der Waals surface area contributed by atoms with Crippen LogP contribution >= 0.6 is 0 Å². The molecule has 3 rings (SSSR count). The average Bonchev–Trinajstić information content (AvgIpc) is 2.81. The Bertz CT molecular complexity index is 946. The van der Waals surface area contributed by atoms with Gasteiger partial charge in [-0.2, -0.15) is 0 Å². The summed E-state index contributed by atoms with van der Waals surface area (Å²) in [7, 11) is 9.60. The predicted octanol–water partition coefficient (Wildman–Crippen LogP) is 5.07. The first-order valence-electron chi connectivity index (χ1n) is 9.32. The second kappa shape index (κ2) is 9.31. The van der Waals surface area contributed by atoms with E-state index in [0.717, 1.165) is 22.3 Å². The summed E-state index contributed by atoms with van der Waals surface area (Å²) in [6, 6.07) is 15.6. The van der Waals surface area contributed by atoms with Crippen molar-refractivity contribution in [3.8, 4) is 56.8 Å². The summed E-state index contributed by atoms with van der Waals surface area (Å²) in [6.07, 6.45) is 0. The largest absolute Gasteiger partial charge is 0.493 e. The smallest absolute Gasteiger partial charge is 0.203 e. The molecular formula is C24H26O6. The van der Waals surface area contributed by atoms with Crippen LogP contribution in [0.5, 0.6) is 34.5 Å². The molecule has 0 bridgehead atoms. The zero-order valence-corrected chi connectivity index (χ0v) is 18.1. The topological polar surface area (TPSA) is 55.4 Å². The second-order valence-corrected chi connectivity index (χ2v) is 6.31. The Labute approximate surface area is 176 Å². The molecule has 0 unspecified atom stereocenters. The quantitative estimate of drug-likeness (QED) is 0.517. The molecule has 0 aromatic heterocycles. The summed E-state index contributed by atoms with van der Waals surface area (Å²) in [5.41, 5.74) is 3.62. The van der Waals surface area contributed by atoms with Crippen LogP contribution in [0.3, 0.4) is 0 Å². The highest BCUT2D eigenvalue weighted by Gasteiger charge is 2.22. The Hall–Kier alpha value is -3.54. The highest BCUT2D eigenvalue weighted by atomic mass is 16.5. The maximum absolute atomic E-state index is 5.71. The summed E-state index contributed by atoms with van der Waals surface area (Å²) in [4.78, 5) is 0. The molecule has 6 heteroatoms. The van der Waals surface area contributed by atoms with Gasteiger partial charge in [0, 0.05) is 11.1 Å². The molecular weight excluding hydrogens is 384 g/mol. The van der Waals surface area contributed by atoms with E-state index in [-0.39, 0.29) is 0 Å². The first kappa shape index (κ1) is 21.2. The fourth-order valence-electron chi connectivity index (χ4n) is 3.58. The Kier molecular flexibility index (Phi) is 6.57. The lowest BCUT2D eigenvalue weighted by Crippen LogP contribution is -1.99. The van der Waals surface area contributed by atoms with Gasteiger partial charge in [0.05, 0.1) is 42.7 Å². The van der Waals surface area contributed by atoms with Crippen LogP contribution < -0.4 is 28.4 Å². The number of ether oxygens (including phenoxy) is 6. The summed E-state index contributed by atoms with van der Waals surface area (Å²) < 4.78 is 33.4. The fourth-order valence-corrected chi connectivity index (χ4v) is 3.58. The van der Waals surface area contributed by atoms with Crippen molar-refractivity contribution in [2.24, 2.45) is 0 Å². The van der Waals surface area contributed by atoms with Gasteiger partial charge in [-0.3, -0.25) is 0 Å². The van der Waals surface area contributed by atoms with Crippen molar-refractivity contribution >= 4 is 0 Å². The van der Waals surface area contributed by atoms with E-state index in [1.165, 1.54) is 0 Å². The third-order valence-corrected chi connectivity index (χ3v) is 4.92. The predicted molar refractivity (Wildman–Crippen MR) is 117 cm³/mol. The molecule has 0 saturated heterocycles. The van der Waals surface area contributed by atoms with Gasteiger partial charge in [-0.1, -0.05) is 24.3 Å². The van der Waals surface area contributed by atoms with E-state index in [0.29, 0.717) is 34.5 Å². The van der Waals surface area contributed by atoms with Crippen molar-refractivity contribution in [1.29, 1.82) is 0 Å². The lowest BCUT2D eigenvalue weighted by Gasteiger charge is -2.20. The molecule has 3 aromatic rings. The zero-order valence-electron chi connectivity index (χ0n) is 18.1. The molecule has 0 spiro atoms. The fraction of sp³-hybridized carbons (Fsp3) is 0.250. The van der Waals surface area contributed by atoms with Gasteiger partial charge in [-0.25, -0.2) is 0 Å². The standard InChI is InChI=1S/C24H26O6/c1-25-19-13-11-17(21(27-3)23(19)29-5)15-9-7-8-10-16(15)18-12-14-20(26-2)24(30-6)22(18)28-4/h7-14H,1-6H3. The second-order valence-electron chi connectivity index (χ2n) is 6.31. The molecule has 30 heavy (non-hydrogen) atoms. The van der Waals surface area contributed by atoms with Crippen LogP contribution in [0.4, 0.5) is 0 Å². The third-order valence-electron chi connectivity index (χ3n) is 4.92. The molecule has 158 valence electrons. The zero-order chi connectivity index (χ0) is 21.7. The number of hydrogen-bond acceptors (Lipinski definition) is 6. The molecule has 0 atom stereocenters. The summed E-state index contributed by atoms with van der Waals surface area (Å²) in [5.74, 6) is 3.43. The van der Waals surface area contributed by atoms with Gasteiger partial charge in [0.25, 0.3) is 0 Å². The van der Waals surface area contributed by atoms with Crippen LogP contribution in [0, 0.1) is 0 Å². The Morgan fingerprint density at radius 2 is 0.733 bits per heavy atom. The minimum atomic E-state index is 0.534. The molecule has 0 saturated carbocycles. The molecule has 0 aliphatic heterocycles. The van der Waals surface area contributed by atoms with Gasteiger partial charge < -0.3 is 28.4 Å². The lowest BCUT2D eigenvalue weighted by molar-refractivity contribution is 0.325. The van der Waals surface area contributed by atoms with Crippen LogP contribution in [-0.2, 0) is 0 Å². The van der Waals surface area contributed by atoms with Crippen molar-refractivity contribution in [1.82, 2.24) is 0 Å². The number of benzene rings is 3. The SMILES string of the molecule is COc1ccc(-c2ccccc2-c2ccc(OC)c(OC)c2OC)c(OC)c1OC. The van der Waals surface area contributed by atoms with Crippen molar-refractivity contribution in [2.45, 2.75) is 0 Å². The molecule has 0 N–H and O–H groups in total. The van der Waals surface area contributed by atoms with Crippen LogP contribution in [0.25, 0.3) is 22.3 Å². The minimum absolute atomic E-state index is 0.534. The van der Waals surface area contributed by atoms with Gasteiger partial charge in [0.2, 0.25) is 11.5 Å². The molecule has 0 heterocycles. The van der Waals surface area contributed by atoms with Gasteiger partial charge >= 0.3 is 0 Å². The van der Waals surface area contributed by atoms with Crippen molar-refractivity contribution < 1.29 is 28.4 Å². The summed E-state index contributed by atoms with van der Waals surface area (Å²) >= 11 is 0. The normalized spacial score (nSPS) is 10.3.